The maximum atomic E-state index is 11.4. The van der Waals surface area contributed by atoms with E-state index in [0.717, 1.165) is 11.1 Å². The van der Waals surface area contributed by atoms with Crippen molar-refractivity contribution in [3.8, 4) is 11.5 Å². The molecule has 0 aliphatic heterocycles. The zero-order valence-electron chi connectivity index (χ0n) is 15.4. The van der Waals surface area contributed by atoms with Crippen LogP contribution in [0.4, 0.5) is 5.95 Å². The molecule has 3 rings (SSSR count). The lowest BCUT2D eigenvalue weighted by Gasteiger charge is -2.12. The smallest absolute Gasteiger partial charge is 0.252 e. The molecule has 0 bridgehead atoms. The fourth-order valence-electron chi connectivity index (χ4n) is 2.45. The molecule has 0 saturated heterocycles. The molecule has 0 spiro atoms. The van der Waals surface area contributed by atoms with Gasteiger partial charge in [-0.25, -0.2) is 10.4 Å². The van der Waals surface area contributed by atoms with Gasteiger partial charge in [0.05, 0.1) is 13.3 Å². The molecule has 7 nitrogen and oxygen atoms in total. The predicted molar refractivity (Wildman–Crippen MR) is 110 cm³/mol. The van der Waals surface area contributed by atoms with E-state index in [1.807, 2.05) is 30.3 Å². The number of rotatable bonds is 7. The van der Waals surface area contributed by atoms with Gasteiger partial charge in [-0.15, -0.1) is 0 Å². The number of hydrazone groups is 1. The summed E-state index contributed by atoms with van der Waals surface area (Å²) in [5.74, 6) is 1.43. The van der Waals surface area contributed by atoms with Gasteiger partial charge in [0.25, 0.3) is 5.56 Å². The molecule has 0 aliphatic carbocycles. The van der Waals surface area contributed by atoms with E-state index >= 15 is 0 Å². The van der Waals surface area contributed by atoms with E-state index in [4.69, 9.17) is 21.1 Å². The first kappa shape index (κ1) is 19.4. The van der Waals surface area contributed by atoms with E-state index in [1.54, 1.807) is 32.4 Å². The summed E-state index contributed by atoms with van der Waals surface area (Å²) in [6.07, 6.45) is 1.59. The predicted octanol–water partition coefficient (Wildman–Crippen LogP) is 3.77. The van der Waals surface area contributed by atoms with Crippen LogP contribution in [0.2, 0.25) is 5.02 Å². The molecule has 1 aromatic heterocycles. The number of halogens is 1. The number of benzene rings is 2. The van der Waals surface area contributed by atoms with Crippen LogP contribution in [0.1, 0.15) is 16.8 Å². The summed E-state index contributed by atoms with van der Waals surface area (Å²) in [4.78, 5) is 18.1. The third-order valence-electron chi connectivity index (χ3n) is 3.78. The Kier molecular flexibility index (Phi) is 6.29. The first-order valence-corrected chi connectivity index (χ1v) is 8.84. The molecule has 1 heterocycles. The average molecular weight is 399 g/mol. The summed E-state index contributed by atoms with van der Waals surface area (Å²) in [5, 5.41) is 4.73. The van der Waals surface area contributed by atoms with Crippen LogP contribution in [0.5, 0.6) is 11.5 Å². The van der Waals surface area contributed by atoms with Gasteiger partial charge in [-0.3, -0.25) is 9.78 Å². The van der Waals surface area contributed by atoms with E-state index in [0.29, 0.717) is 28.8 Å². The second kappa shape index (κ2) is 9.05. The Morgan fingerprint density at radius 1 is 1.21 bits per heavy atom. The molecule has 2 N–H and O–H groups in total. The Balaban J connectivity index is 1.68. The van der Waals surface area contributed by atoms with E-state index in [2.05, 4.69) is 20.5 Å². The van der Waals surface area contributed by atoms with E-state index in [9.17, 15) is 4.79 Å². The molecule has 0 saturated carbocycles. The van der Waals surface area contributed by atoms with Crippen LogP contribution in [0.3, 0.4) is 0 Å². The molecule has 28 heavy (non-hydrogen) atoms. The number of aromatic nitrogens is 2. The molecule has 0 fully saturated rings. The number of nitrogens with zero attached hydrogens (tertiary/aromatic N) is 2. The minimum Gasteiger partial charge on any atom is -0.493 e. The van der Waals surface area contributed by atoms with E-state index < -0.39 is 0 Å². The molecular weight excluding hydrogens is 380 g/mol. The topological polar surface area (TPSA) is 88.6 Å². The van der Waals surface area contributed by atoms with Crippen molar-refractivity contribution in [1.82, 2.24) is 9.97 Å². The van der Waals surface area contributed by atoms with Crippen molar-refractivity contribution in [2.75, 3.05) is 12.5 Å². The minimum atomic E-state index is -0.244. The van der Waals surface area contributed by atoms with Crippen LogP contribution in [-0.2, 0) is 6.61 Å². The molecule has 8 heteroatoms. The Morgan fingerprint density at radius 3 is 2.79 bits per heavy atom. The minimum absolute atomic E-state index is 0.244. The van der Waals surface area contributed by atoms with Crippen molar-refractivity contribution >= 4 is 23.8 Å². The molecule has 0 amide bonds. The van der Waals surface area contributed by atoms with Crippen molar-refractivity contribution in [3.63, 3.8) is 0 Å². The Bertz CT molecular complexity index is 1050. The van der Waals surface area contributed by atoms with Crippen LogP contribution in [0.15, 0.2) is 58.4 Å². The second-order valence-corrected chi connectivity index (χ2v) is 6.30. The van der Waals surface area contributed by atoms with Crippen LogP contribution in [0.25, 0.3) is 0 Å². The summed E-state index contributed by atoms with van der Waals surface area (Å²) in [6.45, 7) is 2.06. The highest BCUT2D eigenvalue weighted by molar-refractivity contribution is 6.31. The van der Waals surface area contributed by atoms with Gasteiger partial charge in [0.2, 0.25) is 5.95 Å². The van der Waals surface area contributed by atoms with Gasteiger partial charge in [-0.1, -0.05) is 29.8 Å². The van der Waals surface area contributed by atoms with Gasteiger partial charge in [0, 0.05) is 22.3 Å². The number of aromatic amines is 1. The standard InChI is InChI=1S/C20H19ClN4O3/c1-13-9-19(26)24-20(23-13)25-22-11-14-7-8-17(18(10-14)27-2)28-12-15-5-3-4-6-16(15)21/h3-11H,12H2,1-2H3,(H2,23,24,25,26)/b22-11+. The lowest BCUT2D eigenvalue weighted by molar-refractivity contribution is 0.284. The Labute approximate surface area is 167 Å². The quantitative estimate of drug-likeness (QED) is 0.467. The van der Waals surface area contributed by atoms with Gasteiger partial charge < -0.3 is 9.47 Å². The van der Waals surface area contributed by atoms with Gasteiger partial charge >= 0.3 is 0 Å². The van der Waals surface area contributed by atoms with Crippen molar-refractivity contribution in [3.05, 3.63) is 80.7 Å². The van der Waals surface area contributed by atoms with Gasteiger partial charge in [0.1, 0.15) is 6.61 Å². The molecular formula is C20H19ClN4O3. The van der Waals surface area contributed by atoms with Gasteiger partial charge in [-0.05, 0) is 36.8 Å². The first-order valence-electron chi connectivity index (χ1n) is 8.46. The number of hydrogen-bond donors (Lipinski definition) is 2. The third kappa shape index (κ3) is 5.11. The average Bonchev–Trinajstić information content (AvgIpc) is 2.67. The van der Waals surface area contributed by atoms with Crippen molar-refractivity contribution in [2.24, 2.45) is 5.10 Å². The highest BCUT2D eigenvalue weighted by atomic mass is 35.5. The summed E-state index contributed by atoms with van der Waals surface area (Å²) in [6, 6.07) is 14.3. The lowest BCUT2D eigenvalue weighted by Crippen LogP contribution is -2.10. The van der Waals surface area contributed by atoms with Crippen LogP contribution >= 0.6 is 11.6 Å². The van der Waals surface area contributed by atoms with Crippen molar-refractivity contribution in [1.29, 1.82) is 0 Å². The first-order chi connectivity index (χ1) is 13.5. The van der Waals surface area contributed by atoms with E-state index in [1.165, 1.54) is 6.07 Å². The highest BCUT2D eigenvalue weighted by Gasteiger charge is 2.07. The summed E-state index contributed by atoms with van der Waals surface area (Å²) < 4.78 is 11.2. The molecule has 144 valence electrons. The summed E-state index contributed by atoms with van der Waals surface area (Å²) in [7, 11) is 1.57. The maximum absolute atomic E-state index is 11.4. The van der Waals surface area contributed by atoms with Gasteiger partial charge in [0.15, 0.2) is 11.5 Å². The maximum Gasteiger partial charge on any atom is 0.252 e. The van der Waals surface area contributed by atoms with Gasteiger partial charge in [-0.2, -0.15) is 5.10 Å². The Hall–Kier alpha value is -3.32. The normalized spacial score (nSPS) is 10.8. The number of hydrogen-bond acceptors (Lipinski definition) is 6. The third-order valence-corrected chi connectivity index (χ3v) is 4.15. The monoisotopic (exact) mass is 398 g/mol. The number of methoxy groups -OCH3 is 1. The second-order valence-electron chi connectivity index (χ2n) is 5.90. The highest BCUT2D eigenvalue weighted by Crippen LogP contribution is 2.29. The zero-order chi connectivity index (χ0) is 19.9. The Morgan fingerprint density at radius 2 is 2.04 bits per heavy atom. The fourth-order valence-corrected chi connectivity index (χ4v) is 2.64. The number of aryl methyl sites for hydroxylation is 1. The summed E-state index contributed by atoms with van der Waals surface area (Å²) >= 11 is 6.15. The van der Waals surface area contributed by atoms with Crippen molar-refractivity contribution in [2.45, 2.75) is 13.5 Å². The van der Waals surface area contributed by atoms with Crippen LogP contribution in [-0.4, -0.2) is 23.3 Å². The molecule has 0 aliphatic rings. The molecule has 0 radical (unpaired) electrons. The van der Waals surface area contributed by atoms with Crippen molar-refractivity contribution < 1.29 is 9.47 Å². The zero-order valence-corrected chi connectivity index (χ0v) is 16.2. The fraction of sp³-hybridized carbons (Fsp3) is 0.150. The largest absolute Gasteiger partial charge is 0.493 e. The number of ether oxygens (including phenoxy) is 2. The SMILES string of the molecule is COc1cc(/C=N/Nc2nc(C)cc(=O)[nH]2)ccc1OCc1ccccc1Cl. The molecule has 2 aromatic carbocycles. The summed E-state index contributed by atoms with van der Waals surface area (Å²) in [5.41, 5.74) is 4.72. The number of nitrogens with one attached hydrogen (secondary N) is 2. The number of H-pyrrole nitrogens is 1. The van der Waals surface area contributed by atoms with Crippen LogP contribution in [0, 0.1) is 6.92 Å². The molecule has 3 aromatic rings. The van der Waals surface area contributed by atoms with Crippen LogP contribution < -0.4 is 20.5 Å². The molecule has 0 atom stereocenters. The molecule has 0 unspecified atom stereocenters. The number of anilines is 1. The van der Waals surface area contributed by atoms with E-state index in [-0.39, 0.29) is 11.5 Å². The lowest BCUT2D eigenvalue weighted by atomic mass is 10.2.